The van der Waals surface area contributed by atoms with Gasteiger partial charge in [-0.25, -0.2) is 4.98 Å². The van der Waals surface area contributed by atoms with Crippen molar-refractivity contribution in [3.63, 3.8) is 0 Å². The molecule has 1 amide bonds. The lowest BCUT2D eigenvalue weighted by atomic mass is 9.92. The van der Waals surface area contributed by atoms with Gasteiger partial charge in [-0.05, 0) is 40.5 Å². The van der Waals surface area contributed by atoms with Crippen LogP contribution in [0.1, 0.15) is 50.2 Å². The fraction of sp³-hybridized carbons (Fsp3) is 0.714. The molecule has 1 fully saturated rings. The first-order valence-electron chi connectivity index (χ1n) is 7.13. The Morgan fingerprint density at radius 3 is 2.57 bits per heavy atom. The lowest BCUT2D eigenvalue weighted by Gasteiger charge is -2.34. The van der Waals surface area contributed by atoms with Crippen LogP contribution in [-0.4, -0.2) is 35.2 Å². The average Bonchev–Trinajstić information content (AvgIpc) is 2.68. The number of aromatic nitrogens is 1. The molecule has 0 saturated carbocycles. The van der Waals surface area contributed by atoms with Crippen molar-refractivity contribution < 1.29 is 9.53 Å². The molecular weight excluding hydrogens is 288 g/mol. The van der Waals surface area contributed by atoms with E-state index in [2.05, 4.69) is 15.6 Å². The van der Waals surface area contributed by atoms with Gasteiger partial charge in [0.25, 0.3) is 5.91 Å². The molecule has 118 valence electrons. The molecule has 0 bridgehead atoms. The fourth-order valence-electron chi connectivity index (χ4n) is 2.15. The number of amides is 1. The predicted molar refractivity (Wildman–Crippen MR) is 85.8 cm³/mol. The molecular formula is C14H24N4O2S. The summed E-state index contributed by atoms with van der Waals surface area (Å²) in [6.45, 7) is 9.49. The molecule has 0 unspecified atom stereocenters. The third-order valence-corrected chi connectivity index (χ3v) is 4.34. The smallest absolute Gasteiger partial charge is 0.265 e. The summed E-state index contributed by atoms with van der Waals surface area (Å²) in [4.78, 5) is 17.1. The molecule has 7 heteroatoms. The molecule has 21 heavy (non-hydrogen) atoms. The number of hydrogen-bond acceptors (Lipinski definition) is 6. The highest BCUT2D eigenvalue weighted by Gasteiger charge is 2.31. The van der Waals surface area contributed by atoms with Crippen LogP contribution in [0.15, 0.2) is 0 Å². The maximum Gasteiger partial charge on any atom is 0.265 e. The summed E-state index contributed by atoms with van der Waals surface area (Å²) in [5.41, 5.74) is 5.53. The fourth-order valence-corrected chi connectivity index (χ4v) is 3.14. The summed E-state index contributed by atoms with van der Waals surface area (Å²) in [5, 5.41) is 6.98. The zero-order valence-electron chi connectivity index (χ0n) is 13.1. The monoisotopic (exact) mass is 312 g/mol. The molecule has 0 aromatic carbocycles. The van der Waals surface area contributed by atoms with Gasteiger partial charge in [0.1, 0.15) is 10.7 Å². The highest BCUT2D eigenvalue weighted by Crippen LogP contribution is 2.28. The van der Waals surface area contributed by atoms with Crippen LogP contribution in [-0.2, 0) is 4.74 Å². The van der Waals surface area contributed by atoms with Crippen LogP contribution in [0.4, 0.5) is 10.9 Å². The third kappa shape index (κ3) is 4.31. The molecule has 4 N–H and O–H groups in total. The number of nitrogen functional groups attached to an aromatic ring is 1. The summed E-state index contributed by atoms with van der Waals surface area (Å²) in [6, 6.07) is 0. The molecule has 6 nitrogen and oxygen atoms in total. The van der Waals surface area contributed by atoms with Gasteiger partial charge < -0.3 is 21.1 Å². The first-order valence-corrected chi connectivity index (χ1v) is 7.95. The molecule has 1 aromatic rings. The van der Waals surface area contributed by atoms with Crippen LogP contribution in [0.3, 0.4) is 0 Å². The van der Waals surface area contributed by atoms with E-state index in [9.17, 15) is 4.79 Å². The van der Waals surface area contributed by atoms with Gasteiger partial charge in [-0.2, -0.15) is 0 Å². The Morgan fingerprint density at radius 1 is 1.38 bits per heavy atom. The van der Waals surface area contributed by atoms with E-state index in [1.807, 2.05) is 27.7 Å². The second-order valence-corrected chi connectivity index (χ2v) is 7.73. The van der Waals surface area contributed by atoms with Crippen LogP contribution in [0.2, 0.25) is 0 Å². The summed E-state index contributed by atoms with van der Waals surface area (Å²) in [5.74, 6) is 0.122. The number of hydrogen-bond donors (Lipinski definition) is 3. The number of nitrogens with zero attached hydrogens (tertiary/aromatic N) is 1. The van der Waals surface area contributed by atoms with E-state index in [1.165, 1.54) is 11.3 Å². The Kier molecular flexibility index (Phi) is 4.43. The maximum atomic E-state index is 12.4. The molecule has 0 radical (unpaired) electrons. The van der Waals surface area contributed by atoms with Crippen LogP contribution in [0.5, 0.6) is 0 Å². The van der Waals surface area contributed by atoms with Crippen molar-refractivity contribution in [2.75, 3.05) is 24.3 Å². The van der Waals surface area contributed by atoms with Gasteiger partial charge in [-0.15, -0.1) is 0 Å². The number of nitrogens with two attached hydrogens (primary N) is 1. The topological polar surface area (TPSA) is 89.3 Å². The first-order chi connectivity index (χ1) is 9.69. The Morgan fingerprint density at radius 2 is 2.00 bits per heavy atom. The number of rotatable bonds is 3. The number of ether oxygens (including phenoxy) is 1. The second kappa shape index (κ2) is 5.81. The van der Waals surface area contributed by atoms with Gasteiger partial charge in [0.2, 0.25) is 0 Å². The Balaban J connectivity index is 2.08. The number of anilines is 2. The SMILES string of the molecule is CC(C)(C)Nc1nc(N)c(C(=O)NC2(C)CCOCC2)s1. The van der Waals surface area contributed by atoms with Gasteiger partial charge >= 0.3 is 0 Å². The normalized spacial score (nSPS) is 18.3. The van der Waals surface area contributed by atoms with E-state index >= 15 is 0 Å². The van der Waals surface area contributed by atoms with Gasteiger partial charge in [0, 0.05) is 24.3 Å². The number of nitrogens with one attached hydrogen (secondary N) is 2. The van der Waals surface area contributed by atoms with Crippen molar-refractivity contribution in [3.05, 3.63) is 4.88 Å². The van der Waals surface area contributed by atoms with Crippen molar-refractivity contribution in [2.45, 2.75) is 51.6 Å². The summed E-state index contributed by atoms with van der Waals surface area (Å²) >= 11 is 1.29. The van der Waals surface area contributed by atoms with E-state index in [4.69, 9.17) is 10.5 Å². The second-order valence-electron chi connectivity index (χ2n) is 6.74. The Labute approximate surface area is 129 Å². The first kappa shape index (κ1) is 16.0. The van der Waals surface area contributed by atoms with Gasteiger partial charge in [0.05, 0.1) is 0 Å². The number of carbonyl (C=O) groups is 1. The lowest BCUT2D eigenvalue weighted by Crippen LogP contribution is -2.49. The maximum absolute atomic E-state index is 12.4. The molecule has 2 heterocycles. The van der Waals surface area contributed by atoms with Crippen molar-refractivity contribution >= 4 is 28.2 Å². The summed E-state index contributed by atoms with van der Waals surface area (Å²) < 4.78 is 5.34. The highest BCUT2D eigenvalue weighted by molar-refractivity contribution is 7.18. The number of thiazole rings is 1. The molecule has 0 spiro atoms. The minimum atomic E-state index is -0.233. The van der Waals surface area contributed by atoms with Gasteiger partial charge in [-0.3, -0.25) is 4.79 Å². The van der Waals surface area contributed by atoms with E-state index in [0.29, 0.717) is 23.2 Å². The largest absolute Gasteiger partial charge is 0.382 e. The van der Waals surface area contributed by atoms with E-state index in [0.717, 1.165) is 12.8 Å². The Bertz CT molecular complexity index is 516. The van der Waals surface area contributed by atoms with Crippen LogP contribution >= 0.6 is 11.3 Å². The van der Waals surface area contributed by atoms with Crippen LogP contribution in [0, 0.1) is 0 Å². The lowest BCUT2D eigenvalue weighted by molar-refractivity contribution is 0.0424. The van der Waals surface area contributed by atoms with Gasteiger partial charge in [-0.1, -0.05) is 11.3 Å². The average molecular weight is 312 g/mol. The summed E-state index contributed by atoms with van der Waals surface area (Å²) in [6.07, 6.45) is 1.62. The van der Waals surface area contributed by atoms with Crippen LogP contribution < -0.4 is 16.4 Å². The molecule has 1 aliphatic heterocycles. The van der Waals surface area contributed by atoms with Crippen LogP contribution in [0.25, 0.3) is 0 Å². The standard InChI is InChI=1S/C14H24N4O2S/c1-13(2,3)18-12-16-10(15)9(21-12)11(19)17-14(4)5-7-20-8-6-14/h5-8,15H2,1-4H3,(H,16,18)(H,17,19). The molecule has 2 rings (SSSR count). The van der Waals surface area contributed by atoms with Gasteiger partial charge in [0.15, 0.2) is 5.13 Å². The Hall–Kier alpha value is -1.34. The molecule has 1 aliphatic rings. The predicted octanol–water partition coefficient (Wildman–Crippen LogP) is 2.23. The zero-order valence-corrected chi connectivity index (χ0v) is 13.9. The van der Waals surface area contributed by atoms with E-state index in [-0.39, 0.29) is 22.8 Å². The van der Waals surface area contributed by atoms with E-state index in [1.54, 1.807) is 0 Å². The minimum absolute atomic E-state index is 0.120. The highest BCUT2D eigenvalue weighted by atomic mass is 32.1. The van der Waals surface area contributed by atoms with Crippen molar-refractivity contribution in [1.29, 1.82) is 0 Å². The molecule has 0 aliphatic carbocycles. The summed E-state index contributed by atoms with van der Waals surface area (Å²) in [7, 11) is 0. The van der Waals surface area contributed by atoms with Crippen molar-refractivity contribution in [3.8, 4) is 0 Å². The molecule has 1 aromatic heterocycles. The molecule has 0 atom stereocenters. The van der Waals surface area contributed by atoms with Crippen molar-refractivity contribution in [2.24, 2.45) is 0 Å². The molecule has 1 saturated heterocycles. The quantitative estimate of drug-likeness (QED) is 0.796. The zero-order chi connectivity index (χ0) is 15.7. The van der Waals surface area contributed by atoms with Crippen molar-refractivity contribution in [1.82, 2.24) is 10.3 Å². The number of carbonyl (C=O) groups excluding carboxylic acids is 1. The minimum Gasteiger partial charge on any atom is -0.382 e. The third-order valence-electron chi connectivity index (χ3n) is 3.35. The van der Waals surface area contributed by atoms with E-state index < -0.39 is 0 Å².